The van der Waals surface area contributed by atoms with Crippen LogP contribution in [-0.4, -0.2) is 42.6 Å². The maximum Gasteiger partial charge on any atom is 0.326 e. The van der Waals surface area contributed by atoms with Gasteiger partial charge in [-0.2, -0.15) is 0 Å². The lowest BCUT2D eigenvalue weighted by atomic mass is 10.1. The highest BCUT2D eigenvalue weighted by Gasteiger charge is 2.21. The predicted octanol–water partition coefficient (Wildman–Crippen LogP) is 5.00. The molecule has 0 saturated carbocycles. The van der Waals surface area contributed by atoms with Gasteiger partial charge in [0.2, 0.25) is 0 Å². The van der Waals surface area contributed by atoms with Crippen molar-refractivity contribution >= 4 is 61.5 Å². The first kappa shape index (κ1) is 22.8. The summed E-state index contributed by atoms with van der Waals surface area (Å²) in [6.45, 7) is 1.69. The van der Waals surface area contributed by atoms with Crippen LogP contribution in [-0.2, 0) is 4.79 Å². The number of carbonyl (C=O) groups is 2. The van der Waals surface area contributed by atoms with Crippen LogP contribution >= 0.6 is 22.9 Å². The van der Waals surface area contributed by atoms with Gasteiger partial charge < -0.3 is 15.7 Å². The molecule has 5 rings (SSSR count). The highest BCUT2D eigenvalue weighted by atomic mass is 35.5. The number of nitrogens with one attached hydrogen (secondary N) is 2. The fraction of sp³-hybridized carbons (Fsp3) is 0.125. The van der Waals surface area contributed by atoms with Crippen molar-refractivity contribution in [3.63, 3.8) is 0 Å². The van der Waals surface area contributed by atoms with Gasteiger partial charge in [0.05, 0.1) is 15.8 Å². The van der Waals surface area contributed by atoms with Crippen LogP contribution in [0.4, 0.5) is 10.8 Å². The second kappa shape index (κ2) is 9.32. The summed E-state index contributed by atoms with van der Waals surface area (Å²) in [4.78, 5) is 28.6. The van der Waals surface area contributed by atoms with Crippen LogP contribution in [0.2, 0.25) is 5.02 Å². The molecule has 0 aliphatic heterocycles. The number of rotatable bonds is 7. The molecule has 0 spiro atoms. The predicted molar refractivity (Wildman–Crippen MR) is 136 cm³/mol. The number of benzene rings is 2. The zero-order chi connectivity index (χ0) is 24.5. The molecule has 3 N–H and O–H groups in total. The Kier molecular flexibility index (Phi) is 6.06. The Morgan fingerprint density at radius 3 is 2.69 bits per heavy atom. The average Bonchev–Trinajstić information content (AvgIpc) is 3.46. The third kappa shape index (κ3) is 4.53. The largest absolute Gasteiger partial charge is 0.480 e. The zero-order valence-electron chi connectivity index (χ0n) is 18.4. The van der Waals surface area contributed by atoms with E-state index in [1.54, 1.807) is 29.7 Å². The topological polar surface area (TPSA) is 122 Å². The molecular formula is C24H19ClN6O3S. The number of aliphatic carboxylic acids is 1. The fourth-order valence-corrected chi connectivity index (χ4v) is 4.80. The van der Waals surface area contributed by atoms with E-state index in [2.05, 4.69) is 25.8 Å². The summed E-state index contributed by atoms with van der Waals surface area (Å²) in [5.74, 6) is -1.04. The van der Waals surface area contributed by atoms with Crippen LogP contribution in [0.25, 0.3) is 27.3 Å². The minimum atomic E-state index is -1.08. The van der Waals surface area contributed by atoms with E-state index < -0.39 is 17.9 Å². The van der Waals surface area contributed by atoms with Gasteiger partial charge in [-0.15, -0.1) is 10.2 Å². The van der Waals surface area contributed by atoms with Crippen molar-refractivity contribution < 1.29 is 14.7 Å². The summed E-state index contributed by atoms with van der Waals surface area (Å²) < 4.78 is 2.70. The highest BCUT2D eigenvalue weighted by Crippen LogP contribution is 2.31. The van der Waals surface area contributed by atoms with E-state index in [-0.39, 0.29) is 12.0 Å². The molecule has 0 fully saturated rings. The Labute approximate surface area is 208 Å². The van der Waals surface area contributed by atoms with Crippen molar-refractivity contribution in [1.29, 1.82) is 0 Å². The standard InChI is InChI=1S/C24H19ClN6O3S/c1-2-17(23(33)34)27-22(32)16-4-3-11-31-20(29-30-21(16)31)13-5-8-15(9-6-13)26-24-28-18-10-7-14(25)12-19(18)35-24/h3-12,17H,2H2,1H3,(H,26,28)(H,27,32)(H,33,34)/t17-/m0/s1. The number of nitrogens with zero attached hydrogens (tertiary/aromatic N) is 4. The first-order valence-electron chi connectivity index (χ1n) is 10.7. The number of halogens is 1. The lowest BCUT2D eigenvalue weighted by Crippen LogP contribution is -2.40. The summed E-state index contributed by atoms with van der Waals surface area (Å²) in [6, 6.07) is 15.5. The third-order valence-corrected chi connectivity index (χ3v) is 6.60. The average molecular weight is 507 g/mol. The molecule has 0 unspecified atom stereocenters. The molecule has 176 valence electrons. The van der Waals surface area contributed by atoms with Crippen LogP contribution in [0.1, 0.15) is 23.7 Å². The van der Waals surface area contributed by atoms with Crippen molar-refractivity contribution in [2.24, 2.45) is 0 Å². The van der Waals surface area contributed by atoms with Gasteiger partial charge >= 0.3 is 5.97 Å². The summed E-state index contributed by atoms with van der Waals surface area (Å²) in [5.41, 5.74) is 3.12. The molecule has 3 heterocycles. The molecule has 11 heteroatoms. The number of fused-ring (bicyclic) bond motifs is 2. The number of carboxylic acid groups (broad SMARTS) is 1. The zero-order valence-corrected chi connectivity index (χ0v) is 20.0. The molecule has 2 aromatic carbocycles. The van der Waals surface area contributed by atoms with E-state index in [9.17, 15) is 14.7 Å². The van der Waals surface area contributed by atoms with Crippen molar-refractivity contribution in [2.75, 3.05) is 5.32 Å². The third-order valence-electron chi connectivity index (χ3n) is 5.44. The SMILES string of the molecule is CC[C@H](NC(=O)c1cccn2c(-c3ccc(Nc4nc5ccc(Cl)cc5s4)cc3)nnc12)C(=O)O. The Hall–Kier alpha value is -4.02. The molecule has 9 nitrogen and oxygen atoms in total. The van der Waals surface area contributed by atoms with E-state index in [0.29, 0.717) is 16.5 Å². The molecule has 1 atom stereocenters. The van der Waals surface area contributed by atoms with Gasteiger partial charge in [-0.05, 0) is 61.0 Å². The number of pyridine rings is 1. The van der Waals surface area contributed by atoms with Crippen molar-refractivity contribution in [1.82, 2.24) is 24.9 Å². The Balaban J connectivity index is 1.39. The van der Waals surface area contributed by atoms with E-state index in [1.807, 2.05) is 42.5 Å². The van der Waals surface area contributed by atoms with Gasteiger partial charge in [-0.25, -0.2) is 9.78 Å². The molecule has 1 amide bonds. The lowest BCUT2D eigenvalue weighted by Gasteiger charge is -2.12. The molecule has 0 aliphatic rings. The summed E-state index contributed by atoms with van der Waals surface area (Å²) in [5, 5.41) is 24.9. The monoisotopic (exact) mass is 506 g/mol. The maximum atomic E-state index is 12.7. The van der Waals surface area contributed by atoms with Gasteiger partial charge in [0, 0.05) is 22.5 Å². The van der Waals surface area contributed by atoms with Gasteiger partial charge in [0.15, 0.2) is 16.6 Å². The number of carbonyl (C=O) groups excluding carboxylic acids is 1. The molecule has 0 saturated heterocycles. The minimum absolute atomic E-state index is 0.250. The molecule has 35 heavy (non-hydrogen) atoms. The van der Waals surface area contributed by atoms with Crippen molar-refractivity contribution in [3.8, 4) is 11.4 Å². The fourth-order valence-electron chi connectivity index (χ4n) is 3.64. The number of thiazole rings is 1. The second-order valence-electron chi connectivity index (χ2n) is 7.75. The highest BCUT2D eigenvalue weighted by molar-refractivity contribution is 7.22. The van der Waals surface area contributed by atoms with Crippen molar-refractivity contribution in [3.05, 3.63) is 71.4 Å². The minimum Gasteiger partial charge on any atom is -0.480 e. The van der Waals surface area contributed by atoms with Crippen LogP contribution in [0.3, 0.4) is 0 Å². The molecule has 0 aliphatic carbocycles. The summed E-state index contributed by atoms with van der Waals surface area (Å²) in [6.07, 6.45) is 2.03. The first-order valence-corrected chi connectivity index (χ1v) is 11.9. The number of hydrogen-bond acceptors (Lipinski definition) is 7. The van der Waals surface area contributed by atoms with Crippen LogP contribution in [0.5, 0.6) is 0 Å². The van der Waals surface area contributed by atoms with E-state index in [1.165, 1.54) is 11.3 Å². The Morgan fingerprint density at radius 1 is 1.14 bits per heavy atom. The summed E-state index contributed by atoms with van der Waals surface area (Å²) >= 11 is 7.58. The molecule has 3 aromatic heterocycles. The number of hydrogen-bond donors (Lipinski definition) is 3. The molecular weight excluding hydrogens is 488 g/mol. The number of amides is 1. The van der Waals surface area contributed by atoms with Crippen molar-refractivity contribution in [2.45, 2.75) is 19.4 Å². The smallest absolute Gasteiger partial charge is 0.326 e. The number of carboxylic acids is 1. The lowest BCUT2D eigenvalue weighted by molar-refractivity contribution is -0.139. The van der Waals surface area contributed by atoms with E-state index in [0.717, 1.165) is 26.6 Å². The quantitative estimate of drug-likeness (QED) is 0.284. The Morgan fingerprint density at radius 2 is 1.94 bits per heavy atom. The molecule has 5 aromatic rings. The first-order chi connectivity index (χ1) is 16.9. The molecule has 0 radical (unpaired) electrons. The van der Waals surface area contributed by atoms with Gasteiger partial charge in [-0.1, -0.05) is 29.9 Å². The second-order valence-corrected chi connectivity index (χ2v) is 9.21. The van der Waals surface area contributed by atoms with Gasteiger partial charge in [0.1, 0.15) is 6.04 Å². The van der Waals surface area contributed by atoms with Gasteiger partial charge in [0.25, 0.3) is 5.91 Å². The number of aromatic nitrogens is 4. The van der Waals surface area contributed by atoms with Gasteiger partial charge in [-0.3, -0.25) is 9.20 Å². The number of anilines is 2. The molecule has 0 bridgehead atoms. The Bertz CT molecular complexity index is 1560. The maximum absolute atomic E-state index is 12.7. The van der Waals surface area contributed by atoms with Crippen LogP contribution in [0, 0.1) is 0 Å². The van der Waals surface area contributed by atoms with E-state index in [4.69, 9.17) is 11.6 Å². The summed E-state index contributed by atoms with van der Waals surface area (Å²) in [7, 11) is 0. The van der Waals surface area contributed by atoms with Crippen LogP contribution in [0.15, 0.2) is 60.8 Å². The normalized spacial score (nSPS) is 12.1. The van der Waals surface area contributed by atoms with E-state index >= 15 is 0 Å². The van der Waals surface area contributed by atoms with Crippen LogP contribution < -0.4 is 10.6 Å².